The fourth-order valence-corrected chi connectivity index (χ4v) is 1.97. The number of thiazole rings is 1. The summed E-state index contributed by atoms with van der Waals surface area (Å²) in [6.07, 6.45) is 4.07. The molecule has 0 saturated heterocycles. The van der Waals surface area contributed by atoms with E-state index in [1.165, 1.54) is 34.6 Å². The molecule has 2 heterocycles. The van der Waals surface area contributed by atoms with Crippen molar-refractivity contribution in [1.82, 2.24) is 19.7 Å². The van der Waals surface area contributed by atoms with Crippen molar-refractivity contribution < 1.29 is 9.53 Å². The third kappa shape index (κ3) is 3.87. The quantitative estimate of drug-likeness (QED) is 0.640. The molecule has 0 fully saturated rings. The Balaban J connectivity index is 2.05. The maximum atomic E-state index is 11.3. The smallest absolute Gasteiger partial charge is 0.332 e. The molecule has 2 aromatic heterocycles. The van der Waals surface area contributed by atoms with Crippen molar-refractivity contribution in [3.63, 3.8) is 0 Å². The van der Waals surface area contributed by atoms with Gasteiger partial charge < -0.3 is 4.74 Å². The summed E-state index contributed by atoms with van der Waals surface area (Å²) in [5.41, 5.74) is 0.604. The van der Waals surface area contributed by atoms with Gasteiger partial charge in [0.25, 0.3) is 0 Å². The van der Waals surface area contributed by atoms with E-state index in [1.54, 1.807) is 19.2 Å². The number of ether oxygens (including phenoxy) is 1. The maximum Gasteiger partial charge on any atom is 0.332 e. The van der Waals surface area contributed by atoms with E-state index in [1.807, 2.05) is 0 Å². The number of nitrogens with zero attached hydrogens (tertiary/aromatic N) is 4. The second-order valence-corrected chi connectivity index (χ2v) is 5.28. The average molecular weight is 299 g/mol. The van der Waals surface area contributed by atoms with Crippen molar-refractivity contribution in [2.75, 3.05) is 0 Å². The van der Waals surface area contributed by atoms with Crippen LogP contribution in [0.3, 0.4) is 0 Å². The first-order valence-electron chi connectivity index (χ1n) is 5.46. The lowest BCUT2D eigenvalue weighted by Crippen LogP contribution is -2.08. The fourth-order valence-electron chi connectivity index (χ4n) is 1.23. The number of carbonyl (C=O) groups excluding carboxylic acids is 1. The van der Waals surface area contributed by atoms with Gasteiger partial charge >= 0.3 is 5.97 Å². The molecule has 100 valence electrons. The summed E-state index contributed by atoms with van der Waals surface area (Å²) in [4.78, 5) is 19.4. The highest BCUT2D eigenvalue weighted by Crippen LogP contribution is 2.21. The summed E-state index contributed by atoms with van der Waals surface area (Å²) in [5, 5.41) is 5.90. The van der Waals surface area contributed by atoms with Crippen LogP contribution in [0.2, 0.25) is 4.47 Å². The molecule has 0 unspecified atom stereocenters. The maximum absolute atomic E-state index is 11.3. The number of esters is 1. The van der Waals surface area contributed by atoms with E-state index in [9.17, 15) is 4.79 Å². The third-order valence-electron chi connectivity index (χ3n) is 1.93. The normalized spacial score (nSPS) is 11.4. The van der Waals surface area contributed by atoms with Crippen LogP contribution in [-0.2, 0) is 9.53 Å². The second-order valence-electron chi connectivity index (χ2n) is 3.84. The molecule has 0 aromatic carbocycles. The number of carbonyl (C=O) groups is 1. The van der Waals surface area contributed by atoms with Crippen molar-refractivity contribution in [3.05, 3.63) is 22.3 Å². The van der Waals surface area contributed by atoms with Gasteiger partial charge in [-0.05, 0) is 13.8 Å². The van der Waals surface area contributed by atoms with Crippen molar-refractivity contribution >= 4 is 35.1 Å². The van der Waals surface area contributed by atoms with Crippen LogP contribution >= 0.6 is 22.9 Å². The Labute approximate surface area is 118 Å². The summed E-state index contributed by atoms with van der Waals surface area (Å²) in [6, 6.07) is 0. The van der Waals surface area contributed by atoms with Gasteiger partial charge in [-0.1, -0.05) is 11.6 Å². The molecule has 19 heavy (non-hydrogen) atoms. The zero-order valence-corrected chi connectivity index (χ0v) is 11.9. The molecule has 0 aliphatic heterocycles. The first kappa shape index (κ1) is 13.7. The van der Waals surface area contributed by atoms with E-state index in [4.69, 9.17) is 16.3 Å². The average Bonchev–Trinajstić information content (AvgIpc) is 2.94. The Hall–Kier alpha value is -1.73. The molecular weight excluding hydrogens is 288 g/mol. The number of aromatic nitrogens is 4. The van der Waals surface area contributed by atoms with Crippen LogP contribution in [0.15, 0.2) is 17.8 Å². The van der Waals surface area contributed by atoms with Gasteiger partial charge in [0, 0.05) is 17.7 Å². The third-order valence-corrected chi connectivity index (χ3v) is 2.91. The van der Waals surface area contributed by atoms with E-state index in [0.717, 1.165) is 0 Å². The minimum absolute atomic E-state index is 0.152. The van der Waals surface area contributed by atoms with Crippen molar-refractivity contribution in [2.45, 2.75) is 20.0 Å². The van der Waals surface area contributed by atoms with Gasteiger partial charge in [0.1, 0.15) is 12.0 Å². The summed E-state index contributed by atoms with van der Waals surface area (Å²) < 4.78 is 6.79. The predicted molar refractivity (Wildman–Crippen MR) is 72.7 cm³/mol. The van der Waals surface area contributed by atoms with Crippen LogP contribution < -0.4 is 0 Å². The van der Waals surface area contributed by atoms with Gasteiger partial charge in [0.2, 0.25) is 5.82 Å². The molecule has 0 atom stereocenters. The van der Waals surface area contributed by atoms with Crippen LogP contribution in [0.4, 0.5) is 0 Å². The van der Waals surface area contributed by atoms with Crippen molar-refractivity contribution in [3.8, 4) is 11.5 Å². The lowest BCUT2D eigenvalue weighted by atomic mass is 10.5. The van der Waals surface area contributed by atoms with Crippen LogP contribution in [0.5, 0.6) is 0 Å². The lowest BCUT2D eigenvalue weighted by molar-refractivity contribution is -0.141. The standard InChI is InChI=1S/C11H11ClN4O2S/c1-7(2)18-9(17)3-4-16-6-13-10(15-16)8-5-19-11(12)14-8/h3-7H,1-2H3. The van der Waals surface area contributed by atoms with Gasteiger partial charge in [-0.3, -0.25) is 0 Å². The highest BCUT2D eigenvalue weighted by Gasteiger charge is 2.07. The summed E-state index contributed by atoms with van der Waals surface area (Å²) >= 11 is 7.04. The summed E-state index contributed by atoms with van der Waals surface area (Å²) in [7, 11) is 0. The molecule has 0 aliphatic carbocycles. The predicted octanol–water partition coefficient (Wildman–Crippen LogP) is 2.48. The fraction of sp³-hybridized carbons (Fsp3) is 0.273. The van der Waals surface area contributed by atoms with Crippen molar-refractivity contribution in [1.29, 1.82) is 0 Å². The number of rotatable bonds is 4. The Morgan fingerprint density at radius 2 is 2.37 bits per heavy atom. The Morgan fingerprint density at radius 3 is 3.00 bits per heavy atom. The number of hydrogen-bond donors (Lipinski definition) is 0. The van der Waals surface area contributed by atoms with Gasteiger partial charge in [-0.25, -0.2) is 19.4 Å². The number of hydrogen-bond acceptors (Lipinski definition) is 6. The molecule has 0 spiro atoms. The highest BCUT2D eigenvalue weighted by molar-refractivity contribution is 7.14. The van der Waals surface area contributed by atoms with Gasteiger partial charge in [0.15, 0.2) is 4.47 Å². The van der Waals surface area contributed by atoms with Gasteiger partial charge in [-0.2, -0.15) is 0 Å². The first-order valence-corrected chi connectivity index (χ1v) is 6.71. The van der Waals surface area contributed by atoms with E-state index in [0.29, 0.717) is 16.0 Å². The molecule has 0 radical (unpaired) electrons. The first-order chi connectivity index (χ1) is 9.04. The summed E-state index contributed by atoms with van der Waals surface area (Å²) in [6.45, 7) is 3.57. The Morgan fingerprint density at radius 1 is 1.58 bits per heavy atom. The molecule has 0 amide bonds. The van der Waals surface area contributed by atoms with Crippen LogP contribution in [0.1, 0.15) is 13.8 Å². The Kier molecular flexibility index (Phi) is 4.28. The van der Waals surface area contributed by atoms with Gasteiger partial charge in [0.05, 0.1) is 6.10 Å². The van der Waals surface area contributed by atoms with E-state index in [-0.39, 0.29) is 6.10 Å². The van der Waals surface area contributed by atoms with Gasteiger partial charge in [-0.15, -0.1) is 16.4 Å². The SMILES string of the molecule is CC(C)OC(=O)C=Cn1cnc(-c2csc(Cl)n2)n1. The molecule has 8 heteroatoms. The molecule has 0 bridgehead atoms. The van der Waals surface area contributed by atoms with E-state index in [2.05, 4.69) is 15.1 Å². The highest BCUT2D eigenvalue weighted by atomic mass is 35.5. The molecule has 0 saturated carbocycles. The van der Waals surface area contributed by atoms with Crippen LogP contribution in [0, 0.1) is 0 Å². The molecule has 2 aromatic rings. The monoisotopic (exact) mass is 298 g/mol. The minimum Gasteiger partial charge on any atom is -0.460 e. The molecule has 6 nitrogen and oxygen atoms in total. The molecule has 2 rings (SSSR count). The topological polar surface area (TPSA) is 69.9 Å². The zero-order chi connectivity index (χ0) is 13.8. The number of halogens is 1. The Bertz CT molecular complexity index is 605. The molecule has 0 N–H and O–H groups in total. The van der Waals surface area contributed by atoms with Crippen LogP contribution in [0.25, 0.3) is 17.7 Å². The second kappa shape index (κ2) is 5.94. The van der Waals surface area contributed by atoms with E-state index >= 15 is 0 Å². The lowest BCUT2D eigenvalue weighted by Gasteiger charge is -2.03. The molecule has 0 aliphatic rings. The van der Waals surface area contributed by atoms with Crippen molar-refractivity contribution in [2.24, 2.45) is 0 Å². The van der Waals surface area contributed by atoms with Crippen LogP contribution in [-0.4, -0.2) is 31.8 Å². The summed E-state index contributed by atoms with van der Waals surface area (Å²) in [5.74, 6) is 0.0220. The largest absolute Gasteiger partial charge is 0.460 e. The molecular formula is C11H11ClN4O2S. The zero-order valence-electron chi connectivity index (χ0n) is 10.3. The van der Waals surface area contributed by atoms with E-state index < -0.39 is 5.97 Å². The minimum atomic E-state index is -0.427.